The van der Waals surface area contributed by atoms with Gasteiger partial charge in [-0.2, -0.15) is 0 Å². The van der Waals surface area contributed by atoms with Crippen LogP contribution in [0.15, 0.2) is 29.1 Å². The van der Waals surface area contributed by atoms with Crippen LogP contribution in [0, 0.1) is 6.92 Å². The van der Waals surface area contributed by atoms with Crippen molar-refractivity contribution in [2.24, 2.45) is 0 Å². The smallest absolute Gasteiger partial charge is 0.291 e. The van der Waals surface area contributed by atoms with Gasteiger partial charge in [0, 0.05) is 33.4 Å². The molecule has 1 atom stereocenters. The fourth-order valence-electron chi connectivity index (χ4n) is 2.92. The SMILES string of the molecule is Cc1ncoc1C(=O)N1CCO[C@@H](CCc2ccnc(N(C)C)c2)C1. The van der Waals surface area contributed by atoms with Gasteiger partial charge in [-0.3, -0.25) is 4.79 Å². The summed E-state index contributed by atoms with van der Waals surface area (Å²) < 4.78 is 11.1. The second-order valence-electron chi connectivity index (χ2n) is 6.47. The second-order valence-corrected chi connectivity index (χ2v) is 6.47. The van der Waals surface area contributed by atoms with Gasteiger partial charge < -0.3 is 19.0 Å². The fraction of sp³-hybridized carbons (Fsp3) is 0.500. The second kappa shape index (κ2) is 7.65. The quantitative estimate of drug-likeness (QED) is 0.825. The van der Waals surface area contributed by atoms with Crippen LogP contribution in [-0.2, 0) is 11.2 Å². The van der Waals surface area contributed by atoms with E-state index in [1.54, 1.807) is 11.8 Å². The number of ether oxygens (including phenoxy) is 1. The maximum Gasteiger partial charge on any atom is 0.291 e. The fourth-order valence-corrected chi connectivity index (χ4v) is 2.92. The molecular weight excluding hydrogens is 320 g/mol. The lowest BCUT2D eigenvalue weighted by Crippen LogP contribution is -2.45. The van der Waals surface area contributed by atoms with Gasteiger partial charge in [-0.05, 0) is 37.5 Å². The van der Waals surface area contributed by atoms with Gasteiger partial charge in [-0.1, -0.05) is 0 Å². The molecule has 25 heavy (non-hydrogen) atoms. The highest BCUT2D eigenvalue weighted by molar-refractivity contribution is 5.92. The number of morpholine rings is 1. The van der Waals surface area contributed by atoms with Crippen LogP contribution in [0.1, 0.15) is 28.2 Å². The molecule has 7 heteroatoms. The van der Waals surface area contributed by atoms with Crippen LogP contribution in [0.25, 0.3) is 0 Å². The first-order valence-corrected chi connectivity index (χ1v) is 8.48. The van der Waals surface area contributed by atoms with Crippen molar-refractivity contribution in [2.45, 2.75) is 25.9 Å². The Labute approximate surface area is 147 Å². The summed E-state index contributed by atoms with van der Waals surface area (Å²) in [7, 11) is 3.96. The molecule has 1 aliphatic rings. The average Bonchev–Trinajstić information content (AvgIpc) is 3.06. The van der Waals surface area contributed by atoms with E-state index in [-0.39, 0.29) is 12.0 Å². The van der Waals surface area contributed by atoms with Crippen LogP contribution in [0.5, 0.6) is 0 Å². The number of pyridine rings is 1. The lowest BCUT2D eigenvalue weighted by atomic mass is 10.1. The van der Waals surface area contributed by atoms with Gasteiger partial charge in [0.05, 0.1) is 18.4 Å². The zero-order valence-electron chi connectivity index (χ0n) is 14.9. The Morgan fingerprint density at radius 2 is 2.24 bits per heavy atom. The van der Waals surface area contributed by atoms with Crippen LogP contribution < -0.4 is 4.90 Å². The monoisotopic (exact) mass is 344 g/mol. The standard InChI is InChI=1S/C18H24N4O3/c1-13-17(25-12-20-13)18(23)22-8-9-24-15(11-22)5-4-14-6-7-19-16(10-14)21(2)3/h6-7,10,12,15H,4-5,8-9,11H2,1-3H3/t15-/m0/s1. The Kier molecular flexibility index (Phi) is 5.33. The van der Waals surface area contributed by atoms with Crippen molar-refractivity contribution in [2.75, 3.05) is 38.7 Å². The van der Waals surface area contributed by atoms with Crippen LogP contribution in [-0.4, -0.2) is 60.7 Å². The third kappa shape index (κ3) is 4.17. The minimum Gasteiger partial charge on any atom is -0.438 e. The highest BCUT2D eigenvalue weighted by Gasteiger charge is 2.27. The Morgan fingerprint density at radius 3 is 2.96 bits per heavy atom. The number of aromatic nitrogens is 2. The molecule has 0 bridgehead atoms. The van der Waals surface area contributed by atoms with Gasteiger partial charge in [0.2, 0.25) is 5.76 Å². The Morgan fingerprint density at radius 1 is 1.40 bits per heavy atom. The highest BCUT2D eigenvalue weighted by Crippen LogP contribution is 2.17. The summed E-state index contributed by atoms with van der Waals surface area (Å²) in [4.78, 5) is 24.6. The minimum absolute atomic E-state index is 0.0249. The molecular formula is C18H24N4O3. The zero-order chi connectivity index (χ0) is 17.8. The van der Waals surface area contributed by atoms with Crippen molar-refractivity contribution in [3.8, 4) is 0 Å². The Bertz CT molecular complexity index is 729. The van der Waals surface area contributed by atoms with Crippen LogP contribution in [0.2, 0.25) is 0 Å². The van der Waals surface area contributed by atoms with Gasteiger partial charge in [0.25, 0.3) is 5.91 Å². The number of rotatable bonds is 5. The van der Waals surface area contributed by atoms with Crippen molar-refractivity contribution >= 4 is 11.7 Å². The molecule has 0 N–H and O–H groups in total. The van der Waals surface area contributed by atoms with E-state index in [9.17, 15) is 4.79 Å². The molecule has 0 unspecified atom stereocenters. The van der Waals surface area contributed by atoms with Crippen molar-refractivity contribution in [3.63, 3.8) is 0 Å². The van der Waals surface area contributed by atoms with E-state index >= 15 is 0 Å². The number of amides is 1. The molecule has 2 aromatic rings. The molecule has 2 aromatic heterocycles. The maximum absolute atomic E-state index is 12.5. The molecule has 1 fully saturated rings. The van der Waals surface area contributed by atoms with E-state index in [0.717, 1.165) is 18.7 Å². The number of oxazole rings is 1. The summed E-state index contributed by atoms with van der Waals surface area (Å²) >= 11 is 0. The Balaban J connectivity index is 1.58. The molecule has 0 saturated carbocycles. The molecule has 0 spiro atoms. The lowest BCUT2D eigenvalue weighted by molar-refractivity contribution is -0.0255. The molecule has 1 saturated heterocycles. The lowest BCUT2D eigenvalue weighted by Gasteiger charge is -2.32. The third-order valence-electron chi connectivity index (χ3n) is 4.39. The first-order chi connectivity index (χ1) is 12.0. The van der Waals surface area contributed by atoms with Crippen LogP contribution in [0.4, 0.5) is 5.82 Å². The number of nitrogens with zero attached hydrogens (tertiary/aromatic N) is 4. The molecule has 7 nitrogen and oxygen atoms in total. The number of hydrogen-bond donors (Lipinski definition) is 0. The van der Waals surface area contributed by atoms with E-state index in [0.29, 0.717) is 31.2 Å². The van der Waals surface area contributed by atoms with Crippen LogP contribution in [0.3, 0.4) is 0 Å². The minimum atomic E-state index is -0.109. The maximum atomic E-state index is 12.5. The normalized spacial score (nSPS) is 17.6. The largest absolute Gasteiger partial charge is 0.438 e. The van der Waals surface area contributed by atoms with E-state index < -0.39 is 0 Å². The highest BCUT2D eigenvalue weighted by atomic mass is 16.5. The van der Waals surface area contributed by atoms with Gasteiger partial charge in [0.1, 0.15) is 5.82 Å². The van der Waals surface area contributed by atoms with E-state index in [4.69, 9.17) is 9.15 Å². The molecule has 134 valence electrons. The predicted molar refractivity (Wildman–Crippen MR) is 93.8 cm³/mol. The molecule has 3 heterocycles. The molecule has 3 rings (SSSR count). The Hall–Kier alpha value is -2.41. The van der Waals surface area contributed by atoms with Crippen molar-refractivity contribution in [1.29, 1.82) is 0 Å². The first-order valence-electron chi connectivity index (χ1n) is 8.48. The number of anilines is 1. The van der Waals surface area contributed by atoms with E-state index in [1.165, 1.54) is 12.0 Å². The van der Waals surface area contributed by atoms with Gasteiger partial charge >= 0.3 is 0 Å². The summed E-state index contributed by atoms with van der Waals surface area (Å²) in [5.41, 5.74) is 1.85. The van der Waals surface area contributed by atoms with Crippen molar-refractivity contribution in [3.05, 3.63) is 41.7 Å². The third-order valence-corrected chi connectivity index (χ3v) is 4.39. The number of aryl methyl sites for hydroxylation is 2. The van der Waals surface area contributed by atoms with Gasteiger partial charge in [-0.25, -0.2) is 9.97 Å². The first kappa shape index (κ1) is 17.4. The zero-order valence-corrected chi connectivity index (χ0v) is 14.9. The molecule has 1 amide bonds. The topological polar surface area (TPSA) is 71.7 Å². The molecule has 0 aromatic carbocycles. The average molecular weight is 344 g/mol. The van der Waals surface area contributed by atoms with E-state index in [1.807, 2.05) is 31.3 Å². The molecule has 0 aliphatic carbocycles. The summed E-state index contributed by atoms with van der Waals surface area (Å²) in [6, 6.07) is 4.11. The summed E-state index contributed by atoms with van der Waals surface area (Å²) in [6.07, 6.45) is 4.91. The van der Waals surface area contributed by atoms with Crippen molar-refractivity contribution < 1.29 is 13.9 Å². The summed E-state index contributed by atoms with van der Waals surface area (Å²) in [6.45, 7) is 3.48. The summed E-state index contributed by atoms with van der Waals surface area (Å²) in [5.74, 6) is 1.16. The number of carbonyl (C=O) groups is 1. The van der Waals surface area contributed by atoms with Crippen LogP contribution >= 0.6 is 0 Å². The number of carbonyl (C=O) groups excluding carboxylic acids is 1. The van der Waals surface area contributed by atoms with Gasteiger partial charge in [-0.15, -0.1) is 0 Å². The van der Waals surface area contributed by atoms with E-state index in [2.05, 4.69) is 16.0 Å². The van der Waals surface area contributed by atoms with Gasteiger partial charge in [0.15, 0.2) is 6.39 Å². The number of hydrogen-bond acceptors (Lipinski definition) is 6. The predicted octanol–water partition coefficient (Wildman–Crippen LogP) is 1.92. The van der Waals surface area contributed by atoms with Crippen molar-refractivity contribution in [1.82, 2.24) is 14.9 Å². The summed E-state index contributed by atoms with van der Waals surface area (Å²) in [5, 5.41) is 0. The molecule has 0 radical (unpaired) electrons. The molecule has 1 aliphatic heterocycles.